The van der Waals surface area contributed by atoms with Gasteiger partial charge in [-0.3, -0.25) is 9.78 Å². The number of methoxy groups -OCH3 is 1. The lowest BCUT2D eigenvalue weighted by atomic mass is 10.2. The monoisotopic (exact) mass is 480 g/mol. The van der Waals surface area contributed by atoms with E-state index in [2.05, 4.69) is 9.97 Å². The summed E-state index contributed by atoms with van der Waals surface area (Å²) >= 11 is 0. The quantitative estimate of drug-likeness (QED) is 0.519. The number of hydrogen-bond acceptors (Lipinski definition) is 7. The number of hydrogen-bond donors (Lipinski definition) is 2. The van der Waals surface area contributed by atoms with Crippen molar-refractivity contribution in [1.29, 1.82) is 0 Å². The molecule has 0 bridgehead atoms. The van der Waals surface area contributed by atoms with E-state index in [1.54, 1.807) is 12.1 Å². The van der Waals surface area contributed by atoms with Gasteiger partial charge in [0.2, 0.25) is 20.0 Å². The van der Waals surface area contributed by atoms with Crippen LogP contribution in [0.4, 0.5) is 0 Å². The summed E-state index contributed by atoms with van der Waals surface area (Å²) in [6, 6.07) is 9.81. The maximum atomic E-state index is 13.1. The Morgan fingerprint density at radius 3 is 1.88 bits per heavy atom. The maximum absolute atomic E-state index is 13.1. The van der Waals surface area contributed by atoms with Crippen LogP contribution in [0, 0.1) is 0 Å². The van der Waals surface area contributed by atoms with Crippen molar-refractivity contribution in [1.82, 2.24) is 18.6 Å². The van der Waals surface area contributed by atoms with Crippen LogP contribution in [-0.2, 0) is 20.0 Å². The standard InChI is InChI=1S/C19H20N4O7S2/c1-30-13-2-4-14(5-3-13)31(26,27)22-8-10-23(11-9-22)32(28,29)15-6-7-17-16(12-15)18(24)21-19(25)20-17/h2-7,12H,8-11H2,1H3,(H2,20,21,24,25). The SMILES string of the molecule is COc1ccc(S(=O)(=O)N2CCN(S(=O)(=O)c3ccc4[nH]c(=O)[nH]c(=O)c4c3)CC2)cc1. The van der Waals surface area contributed by atoms with Crippen LogP contribution in [0.1, 0.15) is 0 Å². The van der Waals surface area contributed by atoms with Crippen molar-refractivity contribution in [2.24, 2.45) is 0 Å². The fourth-order valence-electron chi connectivity index (χ4n) is 3.50. The summed E-state index contributed by atoms with van der Waals surface area (Å²) in [4.78, 5) is 27.9. The zero-order chi connectivity index (χ0) is 23.1. The molecule has 1 fully saturated rings. The zero-order valence-corrected chi connectivity index (χ0v) is 18.6. The molecule has 2 heterocycles. The largest absolute Gasteiger partial charge is 0.497 e. The van der Waals surface area contributed by atoms with Crippen LogP contribution in [-0.4, -0.2) is 68.7 Å². The number of rotatable bonds is 5. The van der Waals surface area contributed by atoms with Gasteiger partial charge < -0.3 is 9.72 Å². The maximum Gasteiger partial charge on any atom is 0.326 e. The van der Waals surface area contributed by atoms with Gasteiger partial charge in [0.05, 0.1) is 27.8 Å². The molecule has 1 aliphatic heterocycles. The normalized spacial score (nSPS) is 16.3. The Hall–Kier alpha value is -3.00. The van der Waals surface area contributed by atoms with Gasteiger partial charge in [-0.25, -0.2) is 21.6 Å². The van der Waals surface area contributed by atoms with Crippen LogP contribution in [0.3, 0.4) is 0 Å². The first-order valence-corrected chi connectivity index (χ1v) is 12.4. The number of piperazine rings is 1. The zero-order valence-electron chi connectivity index (χ0n) is 16.9. The minimum absolute atomic E-state index is 0.0188. The lowest BCUT2D eigenvalue weighted by molar-refractivity contribution is 0.273. The number of aromatic amines is 2. The predicted octanol–water partition coefficient (Wildman–Crippen LogP) is -0.0798. The first-order valence-electron chi connectivity index (χ1n) is 9.53. The predicted molar refractivity (Wildman–Crippen MR) is 116 cm³/mol. The first-order chi connectivity index (χ1) is 15.1. The molecule has 0 radical (unpaired) electrons. The molecule has 1 aromatic heterocycles. The fourth-order valence-corrected chi connectivity index (χ4v) is 6.37. The molecular weight excluding hydrogens is 460 g/mol. The average Bonchev–Trinajstić information content (AvgIpc) is 2.79. The number of sulfonamides is 2. The van der Waals surface area contributed by atoms with Gasteiger partial charge in [0.1, 0.15) is 5.75 Å². The Bertz CT molecular complexity index is 1490. The third-order valence-corrected chi connectivity index (χ3v) is 9.05. The van der Waals surface area contributed by atoms with E-state index in [1.165, 1.54) is 46.1 Å². The van der Waals surface area contributed by atoms with Gasteiger partial charge in [-0.15, -0.1) is 0 Å². The lowest BCUT2D eigenvalue weighted by Crippen LogP contribution is -2.50. The van der Waals surface area contributed by atoms with E-state index in [9.17, 15) is 26.4 Å². The Morgan fingerprint density at radius 1 is 0.781 bits per heavy atom. The van der Waals surface area contributed by atoms with Crippen molar-refractivity contribution in [3.05, 3.63) is 63.3 Å². The molecule has 32 heavy (non-hydrogen) atoms. The second-order valence-electron chi connectivity index (χ2n) is 7.10. The number of benzene rings is 2. The first kappa shape index (κ1) is 22.2. The molecule has 0 amide bonds. The van der Waals surface area contributed by atoms with Crippen molar-refractivity contribution < 1.29 is 21.6 Å². The highest BCUT2D eigenvalue weighted by Crippen LogP contribution is 2.24. The number of aromatic nitrogens is 2. The molecule has 0 saturated carbocycles. The molecule has 4 rings (SSSR count). The van der Waals surface area contributed by atoms with E-state index < -0.39 is 31.3 Å². The van der Waals surface area contributed by atoms with E-state index in [0.29, 0.717) is 5.75 Å². The van der Waals surface area contributed by atoms with E-state index in [4.69, 9.17) is 4.74 Å². The summed E-state index contributed by atoms with van der Waals surface area (Å²) in [5, 5.41) is 0.0337. The van der Waals surface area contributed by atoms with Crippen molar-refractivity contribution in [2.45, 2.75) is 9.79 Å². The number of H-pyrrole nitrogens is 2. The van der Waals surface area contributed by atoms with Gasteiger partial charge in [0.15, 0.2) is 0 Å². The molecule has 0 aliphatic carbocycles. The molecule has 0 spiro atoms. The highest BCUT2D eigenvalue weighted by atomic mass is 32.2. The van der Waals surface area contributed by atoms with E-state index in [1.807, 2.05) is 0 Å². The Labute approximate surface area is 183 Å². The van der Waals surface area contributed by atoms with Crippen molar-refractivity contribution in [3.63, 3.8) is 0 Å². The van der Waals surface area contributed by atoms with Crippen LogP contribution in [0.5, 0.6) is 5.75 Å². The molecule has 170 valence electrons. The van der Waals surface area contributed by atoms with Gasteiger partial charge in [-0.1, -0.05) is 0 Å². The van der Waals surface area contributed by atoms with Crippen LogP contribution in [0.25, 0.3) is 10.9 Å². The Balaban J connectivity index is 1.55. The Morgan fingerprint density at radius 2 is 1.31 bits per heavy atom. The summed E-state index contributed by atoms with van der Waals surface area (Å²) in [6.45, 7) is -0.125. The van der Waals surface area contributed by atoms with Gasteiger partial charge in [-0.2, -0.15) is 8.61 Å². The lowest BCUT2D eigenvalue weighted by Gasteiger charge is -2.33. The summed E-state index contributed by atoms with van der Waals surface area (Å²) < 4.78 is 59.3. The van der Waals surface area contributed by atoms with Crippen LogP contribution < -0.4 is 16.0 Å². The van der Waals surface area contributed by atoms with Crippen LogP contribution in [0.15, 0.2) is 61.8 Å². The molecule has 2 N–H and O–H groups in total. The molecule has 0 atom stereocenters. The summed E-state index contributed by atoms with van der Waals surface area (Å²) in [5.74, 6) is 0.526. The van der Waals surface area contributed by atoms with E-state index in [0.717, 1.165) is 0 Å². The van der Waals surface area contributed by atoms with E-state index >= 15 is 0 Å². The molecule has 0 unspecified atom stereocenters. The minimum atomic E-state index is -3.97. The number of ether oxygens (including phenoxy) is 1. The van der Waals surface area contributed by atoms with E-state index in [-0.39, 0.29) is 46.9 Å². The summed E-state index contributed by atoms with van der Waals surface area (Å²) in [5.41, 5.74) is -1.17. The molecule has 1 aliphatic rings. The number of nitrogens with one attached hydrogen (secondary N) is 2. The van der Waals surface area contributed by atoms with Gasteiger partial charge in [0.25, 0.3) is 5.56 Å². The number of fused-ring (bicyclic) bond motifs is 1. The minimum Gasteiger partial charge on any atom is -0.497 e. The third kappa shape index (κ3) is 3.95. The van der Waals surface area contributed by atoms with Crippen LogP contribution in [0.2, 0.25) is 0 Å². The van der Waals surface area contributed by atoms with Gasteiger partial charge in [0, 0.05) is 26.2 Å². The van der Waals surface area contributed by atoms with Crippen LogP contribution >= 0.6 is 0 Å². The topological polar surface area (TPSA) is 150 Å². The Kier molecular flexibility index (Phi) is 5.67. The molecule has 3 aromatic rings. The average molecular weight is 481 g/mol. The van der Waals surface area contributed by atoms with Crippen molar-refractivity contribution in [2.75, 3.05) is 33.3 Å². The molecule has 1 saturated heterocycles. The molecule has 2 aromatic carbocycles. The van der Waals surface area contributed by atoms with Gasteiger partial charge >= 0.3 is 5.69 Å². The second-order valence-corrected chi connectivity index (χ2v) is 11.0. The van der Waals surface area contributed by atoms with Crippen molar-refractivity contribution in [3.8, 4) is 5.75 Å². The second kappa shape index (κ2) is 8.16. The van der Waals surface area contributed by atoms with Crippen molar-refractivity contribution >= 4 is 30.9 Å². The summed E-state index contributed by atoms with van der Waals surface area (Å²) in [7, 11) is -6.27. The fraction of sp³-hybridized carbons (Fsp3) is 0.263. The third-order valence-electron chi connectivity index (χ3n) is 5.24. The summed E-state index contributed by atoms with van der Waals surface area (Å²) in [6.07, 6.45) is 0. The molecular formula is C19H20N4O7S2. The number of nitrogens with zero attached hydrogens (tertiary/aromatic N) is 2. The molecule has 13 heteroatoms. The molecule has 11 nitrogen and oxygen atoms in total. The smallest absolute Gasteiger partial charge is 0.326 e. The van der Waals surface area contributed by atoms with Gasteiger partial charge in [-0.05, 0) is 42.5 Å². The highest BCUT2D eigenvalue weighted by molar-refractivity contribution is 7.89. The highest BCUT2D eigenvalue weighted by Gasteiger charge is 2.34.